The van der Waals surface area contributed by atoms with Gasteiger partial charge in [-0.2, -0.15) is 0 Å². The van der Waals surface area contributed by atoms with Crippen LogP contribution in [0.3, 0.4) is 0 Å². The smallest absolute Gasteiger partial charge is 0.309 e. The van der Waals surface area contributed by atoms with Crippen molar-refractivity contribution in [3.63, 3.8) is 0 Å². The number of esters is 2. The molecular weight excluding hydrogens is 358 g/mol. The van der Waals surface area contributed by atoms with E-state index in [0.717, 1.165) is 11.8 Å². The number of fused-ring (bicyclic) bond motifs is 1. The number of carboxylic acid groups (broad SMARTS) is 1. The normalized spacial score (nSPS) is 13.9. The van der Waals surface area contributed by atoms with Gasteiger partial charge in [-0.3, -0.25) is 28.9 Å². The molecule has 144 valence electrons. The Labute approximate surface area is 154 Å². The molecule has 1 N–H and O–H groups in total. The van der Waals surface area contributed by atoms with E-state index in [1.165, 1.54) is 0 Å². The maximum Gasteiger partial charge on any atom is 0.309 e. The van der Waals surface area contributed by atoms with Crippen LogP contribution in [0.1, 0.15) is 53.3 Å². The first-order valence-corrected chi connectivity index (χ1v) is 8.33. The van der Waals surface area contributed by atoms with Crippen molar-refractivity contribution in [1.29, 1.82) is 0 Å². The standard InChI is InChI=1S/C18H19NO8/c1-11(20)26-16(27-15(23)9-8-14(21)22)7-4-10-19-17(24)12-5-2-3-6-13(12)18(19)25/h2-3,5-6,16H,4,7-10H2,1H3,(H,21,22). The fourth-order valence-corrected chi connectivity index (χ4v) is 2.60. The second-order valence-corrected chi connectivity index (χ2v) is 5.87. The summed E-state index contributed by atoms with van der Waals surface area (Å²) >= 11 is 0. The molecule has 9 heteroatoms. The van der Waals surface area contributed by atoms with Gasteiger partial charge >= 0.3 is 17.9 Å². The van der Waals surface area contributed by atoms with Crippen molar-refractivity contribution in [3.8, 4) is 0 Å². The molecule has 0 radical (unpaired) electrons. The molecule has 1 atom stereocenters. The second kappa shape index (κ2) is 8.93. The SMILES string of the molecule is CC(=O)OC(CCCN1C(=O)c2ccccc2C1=O)OC(=O)CCC(=O)O. The third-order valence-electron chi connectivity index (χ3n) is 3.80. The van der Waals surface area contributed by atoms with Gasteiger partial charge in [-0.25, -0.2) is 0 Å². The minimum atomic E-state index is -1.21. The van der Waals surface area contributed by atoms with Crippen molar-refractivity contribution in [2.45, 2.75) is 38.9 Å². The summed E-state index contributed by atoms with van der Waals surface area (Å²) in [6.07, 6.45) is -1.67. The minimum absolute atomic E-state index is 0.0613. The lowest BCUT2D eigenvalue weighted by Crippen LogP contribution is -2.32. The van der Waals surface area contributed by atoms with E-state index >= 15 is 0 Å². The van der Waals surface area contributed by atoms with E-state index in [1.807, 2.05) is 0 Å². The highest BCUT2D eigenvalue weighted by Crippen LogP contribution is 2.23. The molecule has 0 aromatic heterocycles. The summed E-state index contributed by atoms with van der Waals surface area (Å²) in [7, 11) is 0. The van der Waals surface area contributed by atoms with Crippen LogP contribution in [0.25, 0.3) is 0 Å². The number of hydrogen-bond acceptors (Lipinski definition) is 7. The van der Waals surface area contributed by atoms with Crippen LogP contribution in [0, 0.1) is 0 Å². The van der Waals surface area contributed by atoms with Crippen LogP contribution >= 0.6 is 0 Å². The molecule has 0 fully saturated rings. The van der Waals surface area contributed by atoms with Crippen molar-refractivity contribution >= 4 is 29.7 Å². The number of rotatable bonds is 9. The molecule has 9 nitrogen and oxygen atoms in total. The van der Waals surface area contributed by atoms with Crippen molar-refractivity contribution < 1.29 is 38.6 Å². The number of carbonyl (C=O) groups is 5. The van der Waals surface area contributed by atoms with Crippen molar-refractivity contribution in [1.82, 2.24) is 4.90 Å². The van der Waals surface area contributed by atoms with Crippen LogP contribution in [-0.4, -0.2) is 52.6 Å². The van der Waals surface area contributed by atoms with E-state index in [9.17, 15) is 24.0 Å². The summed E-state index contributed by atoms with van der Waals surface area (Å²) in [5.41, 5.74) is 0.665. The summed E-state index contributed by atoms with van der Waals surface area (Å²) in [4.78, 5) is 58.9. The summed E-state index contributed by atoms with van der Waals surface area (Å²) in [6.45, 7) is 1.21. The Bertz CT molecular complexity index is 737. The first-order valence-electron chi connectivity index (χ1n) is 8.33. The van der Waals surface area contributed by atoms with Gasteiger partial charge in [0, 0.05) is 19.9 Å². The van der Waals surface area contributed by atoms with Crippen molar-refractivity contribution in [3.05, 3.63) is 35.4 Å². The van der Waals surface area contributed by atoms with Gasteiger partial charge in [-0.05, 0) is 18.6 Å². The molecule has 2 amide bonds. The van der Waals surface area contributed by atoms with Gasteiger partial charge in [0.2, 0.25) is 6.29 Å². The number of benzene rings is 1. The molecule has 0 saturated heterocycles. The fourth-order valence-electron chi connectivity index (χ4n) is 2.60. The molecule has 1 aromatic carbocycles. The molecule has 0 saturated carbocycles. The topological polar surface area (TPSA) is 127 Å². The van der Waals surface area contributed by atoms with Gasteiger partial charge in [0.05, 0.1) is 24.0 Å². The van der Waals surface area contributed by atoms with E-state index in [2.05, 4.69) is 0 Å². The number of hydrogen-bond donors (Lipinski definition) is 1. The van der Waals surface area contributed by atoms with Gasteiger partial charge in [0.25, 0.3) is 11.8 Å². The molecule has 0 bridgehead atoms. The second-order valence-electron chi connectivity index (χ2n) is 5.87. The number of aliphatic carboxylic acids is 1. The summed E-state index contributed by atoms with van der Waals surface area (Å²) in [5, 5.41) is 8.57. The zero-order valence-corrected chi connectivity index (χ0v) is 14.7. The van der Waals surface area contributed by atoms with E-state index in [0.29, 0.717) is 11.1 Å². The Hall–Kier alpha value is -3.23. The van der Waals surface area contributed by atoms with E-state index < -0.39 is 42.4 Å². The van der Waals surface area contributed by atoms with Crippen LogP contribution in [0.5, 0.6) is 0 Å². The van der Waals surface area contributed by atoms with Crippen molar-refractivity contribution in [2.24, 2.45) is 0 Å². The Morgan fingerprint density at radius 3 is 2.15 bits per heavy atom. The number of ether oxygens (including phenoxy) is 2. The molecule has 0 spiro atoms. The Balaban J connectivity index is 1.89. The van der Waals surface area contributed by atoms with Gasteiger partial charge < -0.3 is 14.6 Å². The lowest BCUT2D eigenvalue weighted by atomic mass is 10.1. The Morgan fingerprint density at radius 1 is 1.04 bits per heavy atom. The number of carboxylic acids is 1. The first kappa shape index (κ1) is 20.1. The maximum atomic E-state index is 12.3. The predicted octanol–water partition coefficient (Wildman–Crippen LogP) is 1.36. The van der Waals surface area contributed by atoms with Crippen molar-refractivity contribution in [2.75, 3.05) is 6.54 Å². The van der Waals surface area contributed by atoms with Crippen LogP contribution in [0.2, 0.25) is 0 Å². The molecule has 1 aromatic rings. The largest absolute Gasteiger partial charge is 0.481 e. The molecule has 1 aliphatic heterocycles. The zero-order chi connectivity index (χ0) is 20.0. The van der Waals surface area contributed by atoms with Gasteiger partial charge in [0.1, 0.15) is 0 Å². The lowest BCUT2D eigenvalue weighted by Gasteiger charge is -2.19. The van der Waals surface area contributed by atoms with E-state index in [1.54, 1.807) is 24.3 Å². The summed E-state index contributed by atoms with van der Waals surface area (Å²) in [6, 6.07) is 6.48. The highest BCUT2D eigenvalue weighted by atomic mass is 16.7. The van der Waals surface area contributed by atoms with Gasteiger partial charge in [-0.15, -0.1) is 0 Å². The number of nitrogens with zero attached hydrogens (tertiary/aromatic N) is 1. The van der Waals surface area contributed by atoms with E-state index in [-0.39, 0.29) is 25.8 Å². The highest BCUT2D eigenvalue weighted by Gasteiger charge is 2.34. The molecule has 0 aliphatic carbocycles. The van der Waals surface area contributed by atoms with Crippen LogP contribution < -0.4 is 0 Å². The van der Waals surface area contributed by atoms with Gasteiger partial charge in [-0.1, -0.05) is 12.1 Å². The number of carbonyl (C=O) groups excluding carboxylic acids is 4. The zero-order valence-electron chi connectivity index (χ0n) is 14.7. The fraction of sp³-hybridized carbons (Fsp3) is 0.389. The minimum Gasteiger partial charge on any atom is -0.481 e. The van der Waals surface area contributed by atoms with Crippen LogP contribution in [0.15, 0.2) is 24.3 Å². The van der Waals surface area contributed by atoms with E-state index in [4.69, 9.17) is 14.6 Å². The Kier molecular flexibility index (Phi) is 6.64. The maximum absolute atomic E-state index is 12.3. The molecular formula is C18H19NO8. The predicted molar refractivity (Wildman–Crippen MR) is 89.6 cm³/mol. The third kappa shape index (κ3) is 5.37. The monoisotopic (exact) mass is 377 g/mol. The average Bonchev–Trinajstić information content (AvgIpc) is 2.84. The molecule has 2 rings (SSSR count). The van der Waals surface area contributed by atoms with Crippen LogP contribution in [-0.2, 0) is 23.9 Å². The van der Waals surface area contributed by atoms with Gasteiger partial charge in [0.15, 0.2) is 0 Å². The number of amides is 2. The summed E-state index contributed by atoms with van der Waals surface area (Å²) in [5.74, 6) is -3.45. The van der Waals surface area contributed by atoms with Crippen LogP contribution in [0.4, 0.5) is 0 Å². The Morgan fingerprint density at radius 2 is 1.63 bits per heavy atom. The third-order valence-corrected chi connectivity index (χ3v) is 3.80. The lowest BCUT2D eigenvalue weighted by molar-refractivity contribution is -0.188. The molecule has 1 unspecified atom stereocenters. The molecule has 1 heterocycles. The number of imide groups is 1. The highest BCUT2D eigenvalue weighted by molar-refractivity contribution is 6.21. The molecule has 1 aliphatic rings. The quantitative estimate of drug-likeness (QED) is 0.388. The average molecular weight is 377 g/mol. The summed E-state index contributed by atoms with van der Waals surface area (Å²) < 4.78 is 9.85. The molecule has 27 heavy (non-hydrogen) atoms. The first-order chi connectivity index (χ1) is 12.8.